The molecule has 0 aromatic heterocycles. The molecule has 0 spiro atoms. The van der Waals surface area contributed by atoms with Gasteiger partial charge in [-0.3, -0.25) is 5.41 Å². The number of nitrogens with one attached hydrogen (secondary N) is 1. The van der Waals surface area contributed by atoms with Crippen molar-refractivity contribution in [3.8, 4) is 0 Å². The number of rotatable bonds is 4. The van der Waals surface area contributed by atoms with Crippen LogP contribution >= 0.6 is 27.7 Å². The molecule has 0 saturated heterocycles. The zero-order chi connectivity index (χ0) is 10.4. The molecule has 0 bridgehead atoms. The SMILES string of the molecule is CCOC(=N)CSc1ccccc1Br. The summed E-state index contributed by atoms with van der Waals surface area (Å²) in [5, 5.41) is 7.45. The number of benzene rings is 1. The number of hydrogen-bond donors (Lipinski definition) is 1. The predicted molar refractivity (Wildman–Crippen MR) is 64.2 cm³/mol. The molecule has 0 aliphatic carbocycles. The molecule has 0 fully saturated rings. The molecule has 76 valence electrons. The first kappa shape index (κ1) is 11.6. The van der Waals surface area contributed by atoms with E-state index in [1.807, 2.05) is 31.2 Å². The Bertz CT molecular complexity index is 317. The Morgan fingerprint density at radius 2 is 2.21 bits per heavy atom. The molecule has 0 aliphatic heterocycles. The second-order valence-corrected chi connectivity index (χ2v) is 4.45. The predicted octanol–water partition coefficient (Wildman–Crippen LogP) is 3.55. The molecule has 0 aliphatic rings. The number of thioether (sulfide) groups is 1. The van der Waals surface area contributed by atoms with Crippen LogP contribution in [0.25, 0.3) is 0 Å². The van der Waals surface area contributed by atoms with E-state index in [4.69, 9.17) is 10.1 Å². The van der Waals surface area contributed by atoms with Gasteiger partial charge in [-0.25, -0.2) is 0 Å². The van der Waals surface area contributed by atoms with Gasteiger partial charge in [-0.1, -0.05) is 12.1 Å². The monoisotopic (exact) mass is 273 g/mol. The lowest BCUT2D eigenvalue weighted by Gasteiger charge is -2.05. The van der Waals surface area contributed by atoms with E-state index in [0.717, 1.165) is 9.37 Å². The Hall–Kier alpha value is -0.480. The summed E-state index contributed by atoms with van der Waals surface area (Å²) in [6.45, 7) is 2.45. The van der Waals surface area contributed by atoms with Crippen LogP contribution in [0.2, 0.25) is 0 Å². The maximum atomic E-state index is 7.45. The highest BCUT2D eigenvalue weighted by molar-refractivity contribution is 9.10. The molecular formula is C10H12BrNOS. The fourth-order valence-corrected chi connectivity index (χ4v) is 2.30. The lowest BCUT2D eigenvalue weighted by atomic mass is 10.4. The van der Waals surface area contributed by atoms with Crippen molar-refractivity contribution in [3.05, 3.63) is 28.7 Å². The van der Waals surface area contributed by atoms with Gasteiger partial charge in [0.1, 0.15) is 0 Å². The van der Waals surface area contributed by atoms with Gasteiger partial charge in [-0.2, -0.15) is 0 Å². The molecule has 0 heterocycles. The van der Waals surface area contributed by atoms with Gasteiger partial charge in [0, 0.05) is 9.37 Å². The highest BCUT2D eigenvalue weighted by atomic mass is 79.9. The molecule has 1 N–H and O–H groups in total. The van der Waals surface area contributed by atoms with Crippen molar-refractivity contribution >= 4 is 33.6 Å². The lowest BCUT2D eigenvalue weighted by molar-refractivity contribution is 0.322. The molecule has 0 amide bonds. The molecule has 1 rings (SSSR count). The van der Waals surface area contributed by atoms with Crippen LogP contribution in [0.15, 0.2) is 33.6 Å². The Labute approximate surface area is 96.7 Å². The van der Waals surface area contributed by atoms with Crippen molar-refractivity contribution < 1.29 is 4.74 Å². The molecule has 0 unspecified atom stereocenters. The highest BCUT2D eigenvalue weighted by Gasteiger charge is 2.02. The summed E-state index contributed by atoms with van der Waals surface area (Å²) in [7, 11) is 0. The summed E-state index contributed by atoms with van der Waals surface area (Å²) in [5.41, 5.74) is 0. The molecule has 2 nitrogen and oxygen atoms in total. The molecule has 0 radical (unpaired) electrons. The van der Waals surface area contributed by atoms with Crippen molar-refractivity contribution in [3.63, 3.8) is 0 Å². The van der Waals surface area contributed by atoms with E-state index in [0.29, 0.717) is 18.3 Å². The standard InChI is InChI=1S/C10H12BrNOS/c1-2-13-10(12)7-14-9-6-4-3-5-8(9)11/h3-6,12H,2,7H2,1H3. The largest absolute Gasteiger partial charge is 0.481 e. The second-order valence-electron chi connectivity index (χ2n) is 2.58. The first-order chi connectivity index (χ1) is 6.74. The maximum absolute atomic E-state index is 7.45. The van der Waals surface area contributed by atoms with E-state index in [-0.39, 0.29) is 0 Å². The molecule has 0 atom stereocenters. The maximum Gasteiger partial charge on any atom is 0.190 e. The van der Waals surface area contributed by atoms with Gasteiger partial charge in [0.15, 0.2) is 5.90 Å². The Morgan fingerprint density at radius 3 is 2.86 bits per heavy atom. The van der Waals surface area contributed by atoms with E-state index in [1.54, 1.807) is 11.8 Å². The fourth-order valence-electron chi connectivity index (χ4n) is 0.921. The summed E-state index contributed by atoms with van der Waals surface area (Å²) in [5.74, 6) is 0.907. The topological polar surface area (TPSA) is 33.1 Å². The Balaban J connectivity index is 2.46. The molecule has 14 heavy (non-hydrogen) atoms. The lowest BCUT2D eigenvalue weighted by Crippen LogP contribution is -2.05. The van der Waals surface area contributed by atoms with Crippen molar-refractivity contribution in [1.82, 2.24) is 0 Å². The van der Waals surface area contributed by atoms with Crippen LogP contribution < -0.4 is 0 Å². The number of hydrogen-bond acceptors (Lipinski definition) is 3. The quantitative estimate of drug-likeness (QED) is 0.517. The zero-order valence-electron chi connectivity index (χ0n) is 7.92. The minimum absolute atomic E-state index is 0.327. The van der Waals surface area contributed by atoms with Gasteiger partial charge < -0.3 is 4.74 Å². The Kier molecular flexibility index (Phi) is 5.04. The zero-order valence-corrected chi connectivity index (χ0v) is 10.3. The van der Waals surface area contributed by atoms with Crippen LogP contribution in [0.1, 0.15) is 6.92 Å². The van der Waals surface area contributed by atoms with Gasteiger partial charge in [-0.15, -0.1) is 11.8 Å². The van der Waals surface area contributed by atoms with Crippen molar-refractivity contribution in [2.75, 3.05) is 12.4 Å². The molecule has 1 aromatic carbocycles. The van der Waals surface area contributed by atoms with E-state index < -0.39 is 0 Å². The molecule has 0 saturated carbocycles. The first-order valence-electron chi connectivity index (χ1n) is 4.31. The van der Waals surface area contributed by atoms with Crippen LogP contribution in [0, 0.1) is 5.41 Å². The summed E-state index contributed by atoms with van der Waals surface area (Å²) in [6, 6.07) is 7.97. The van der Waals surface area contributed by atoms with Gasteiger partial charge in [0.2, 0.25) is 0 Å². The first-order valence-corrected chi connectivity index (χ1v) is 6.09. The van der Waals surface area contributed by atoms with Crippen LogP contribution in [0.3, 0.4) is 0 Å². The number of ether oxygens (including phenoxy) is 1. The molecule has 4 heteroatoms. The van der Waals surface area contributed by atoms with E-state index in [9.17, 15) is 0 Å². The Morgan fingerprint density at radius 1 is 1.50 bits per heavy atom. The smallest absolute Gasteiger partial charge is 0.190 e. The van der Waals surface area contributed by atoms with Crippen molar-refractivity contribution in [2.24, 2.45) is 0 Å². The van der Waals surface area contributed by atoms with E-state index in [1.165, 1.54) is 0 Å². The third-order valence-electron chi connectivity index (χ3n) is 1.51. The summed E-state index contributed by atoms with van der Waals surface area (Å²) in [6.07, 6.45) is 0. The van der Waals surface area contributed by atoms with Crippen molar-refractivity contribution in [2.45, 2.75) is 11.8 Å². The third-order valence-corrected chi connectivity index (χ3v) is 3.54. The van der Waals surface area contributed by atoms with Gasteiger partial charge in [0.05, 0.1) is 12.4 Å². The normalized spacial score (nSPS) is 9.86. The van der Waals surface area contributed by atoms with Gasteiger partial charge >= 0.3 is 0 Å². The van der Waals surface area contributed by atoms with Gasteiger partial charge in [-0.05, 0) is 35.0 Å². The summed E-state index contributed by atoms with van der Waals surface area (Å²) >= 11 is 5.05. The number of halogens is 1. The van der Waals surface area contributed by atoms with Crippen LogP contribution in [-0.4, -0.2) is 18.3 Å². The second kappa shape index (κ2) is 6.09. The molecular weight excluding hydrogens is 262 g/mol. The van der Waals surface area contributed by atoms with E-state index in [2.05, 4.69) is 15.9 Å². The minimum atomic E-state index is 0.327. The van der Waals surface area contributed by atoms with Crippen LogP contribution in [-0.2, 0) is 4.74 Å². The minimum Gasteiger partial charge on any atom is -0.481 e. The third kappa shape index (κ3) is 3.72. The summed E-state index contributed by atoms with van der Waals surface area (Å²) < 4.78 is 6.11. The van der Waals surface area contributed by atoms with Crippen LogP contribution in [0.4, 0.5) is 0 Å². The average molecular weight is 274 g/mol. The van der Waals surface area contributed by atoms with Crippen molar-refractivity contribution in [1.29, 1.82) is 5.41 Å². The summed E-state index contributed by atoms with van der Waals surface area (Å²) in [4.78, 5) is 1.14. The molecule has 1 aromatic rings. The average Bonchev–Trinajstić information content (AvgIpc) is 2.17. The van der Waals surface area contributed by atoms with Gasteiger partial charge in [0.25, 0.3) is 0 Å². The fraction of sp³-hybridized carbons (Fsp3) is 0.300. The highest BCUT2D eigenvalue weighted by Crippen LogP contribution is 2.26. The van der Waals surface area contributed by atoms with Crippen LogP contribution in [0.5, 0.6) is 0 Å². The van der Waals surface area contributed by atoms with E-state index >= 15 is 0 Å².